The van der Waals surface area contributed by atoms with Crippen molar-refractivity contribution in [3.05, 3.63) is 35.4 Å². The highest BCUT2D eigenvalue weighted by Crippen LogP contribution is 2.14. The average Bonchev–Trinajstić information content (AvgIpc) is 2.50. The fraction of sp³-hybridized carbons (Fsp3) is 0.529. The molecular formula is C17H23F2NO3. The second kappa shape index (κ2) is 9.92. The first-order valence-corrected chi connectivity index (χ1v) is 7.82. The first-order chi connectivity index (χ1) is 11.0. The number of amides is 1. The van der Waals surface area contributed by atoms with Gasteiger partial charge >= 0.3 is 5.97 Å². The van der Waals surface area contributed by atoms with Crippen LogP contribution in [0.1, 0.15) is 49.4 Å². The lowest BCUT2D eigenvalue weighted by Gasteiger charge is -2.17. The monoisotopic (exact) mass is 327 g/mol. The molecule has 0 unspecified atom stereocenters. The SMILES string of the molecule is CCCCCCCOC(=O)CN(C)C(=O)c1c(F)cccc1F. The van der Waals surface area contributed by atoms with Crippen LogP contribution in [0.4, 0.5) is 8.78 Å². The molecule has 0 aromatic heterocycles. The van der Waals surface area contributed by atoms with Gasteiger partial charge in [-0.15, -0.1) is 0 Å². The molecule has 0 bridgehead atoms. The largest absolute Gasteiger partial charge is 0.464 e. The summed E-state index contributed by atoms with van der Waals surface area (Å²) in [5.74, 6) is -3.38. The molecule has 6 heteroatoms. The third-order valence-electron chi connectivity index (χ3n) is 3.40. The third-order valence-corrected chi connectivity index (χ3v) is 3.40. The predicted octanol–water partition coefficient (Wildman–Crippen LogP) is 3.55. The molecule has 0 saturated heterocycles. The minimum Gasteiger partial charge on any atom is -0.464 e. The highest BCUT2D eigenvalue weighted by Gasteiger charge is 2.22. The van der Waals surface area contributed by atoms with Crippen molar-refractivity contribution < 1.29 is 23.1 Å². The Kier molecular flexibility index (Phi) is 8.22. The second-order valence-corrected chi connectivity index (χ2v) is 5.39. The Morgan fingerprint density at radius 2 is 1.70 bits per heavy atom. The van der Waals surface area contributed by atoms with Crippen molar-refractivity contribution in [2.45, 2.75) is 39.0 Å². The van der Waals surface area contributed by atoms with Crippen LogP contribution in [0.2, 0.25) is 0 Å². The van der Waals surface area contributed by atoms with E-state index in [1.54, 1.807) is 0 Å². The standard InChI is InChI=1S/C17H23F2NO3/c1-3-4-5-6-7-11-23-15(21)12-20(2)17(22)16-13(18)9-8-10-14(16)19/h8-10H,3-7,11-12H2,1-2H3. The molecule has 1 aromatic rings. The normalized spacial score (nSPS) is 10.4. The second-order valence-electron chi connectivity index (χ2n) is 5.39. The number of hydrogen-bond acceptors (Lipinski definition) is 3. The van der Waals surface area contributed by atoms with E-state index in [4.69, 9.17) is 4.74 Å². The molecule has 0 aliphatic heterocycles. The van der Waals surface area contributed by atoms with E-state index >= 15 is 0 Å². The summed E-state index contributed by atoms with van der Waals surface area (Å²) in [6.45, 7) is 2.06. The Hall–Kier alpha value is -1.98. The van der Waals surface area contributed by atoms with Crippen LogP contribution < -0.4 is 0 Å². The van der Waals surface area contributed by atoms with Crippen molar-refractivity contribution >= 4 is 11.9 Å². The molecule has 0 heterocycles. The molecule has 1 aromatic carbocycles. The molecule has 0 aliphatic rings. The van der Waals surface area contributed by atoms with Crippen molar-refractivity contribution in [1.29, 1.82) is 0 Å². The Bertz CT molecular complexity index is 514. The van der Waals surface area contributed by atoms with Crippen molar-refractivity contribution in [3.8, 4) is 0 Å². The molecule has 0 atom stereocenters. The average molecular weight is 327 g/mol. The lowest BCUT2D eigenvalue weighted by molar-refractivity contribution is -0.144. The van der Waals surface area contributed by atoms with Gasteiger partial charge in [0, 0.05) is 7.05 Å². The molecule has 4 nitrogen and oxygen atoms in total. The highest BCUT2D eigenvalue weighted by atomic mass is 19.1. The zero-order chi connectivity index (χ0) is 17.2. The fourth-order valence-electron chi connectivity index (χ4n) is 2.10. The Balaban J connectivity index is 2.41. The van der Waals surface area contributed by atoms with Crippen LogP contribution >= 0.6 is 0 Å². The van der Waals surface area contributed by atoms with Gasteiger partial charge in [-0.2, -0.15) is 0 Å². The molecule has 0 fully saturated rings. The van der Waals surface area contributed by atoms with Gasteiger partial charge in [0.2, 0.25) is 0 Å². The fourth-order valence-corrected chi connectivity index (χ4v) is 2.10. The number of likely N-dealkylation sites (N-methyl/N-ethyl adjacent to an activating group) is 1. The number of ether oxygens (including phenoxy) is 1. The van der Waals surface area contributed by atoms with Crippen LogP contribution in [-0.4, -0.2) is 37.0 Å². The maximum absolute atomic E-state index is 13.5. The van der Waals surface area contributed by atoms with E-state index < -0.39 is 29.1 Å². The zero-order valence-electron chi connectivity index (χ0n) is 13.6. The molecule has 0 N–H and O–H groups in total. The number of nitrogens with zero attached hydrogens (tertiary/aromatic N) is 1. The number of carbonyl (C=O) groups is 2. The maximum atomic E-state index is 13.5. The first kappa shape index (κ1) is 19.1. The summed E-state index contributed by atoms with van der Waals surface area (Å²) >= 11 is 0. The summed E-state index contributed by atoms with van der Waals surface area (Å²) in [5, 5.41) is 0. The topological polar surface area (TPSA) is 46.6 Å². The van der Waals surface area contributed by atoms with E-state index in [-0.39, 0.29) is 6.54 Å². The third kappa shape index (κ3) is 6.34. The summed E-state index contributed by atoms with van der Waals surface area (Å²) in [6, 6.07) is 3.17. The van der Waals surface area contributed by atoms with Crippen LogP contribution in [0, 0.1) is 11.6 Å². The van der Waals surface area contributed by atoms with Gasteiger partial charge in [-0.1, -0.05) is 38.7 Å². The van der Waals surface area contributed by atoms with Gasteiger partial charge < -0.3 is 9.64 Å². The minimum atomic E-state index is -0.953. The number of esters is 1. The molecular weight excluding hydrogens is 304 g/mol. The Labute approximate surface area is 135 Å². The highest BCUT2D eigenvalue weighted by molar-refractivity contribution is 5.96. The van der Waals surface area contributed by atoms with Crippen LogP contribution in [0.3, 0.4) is 0 Å². The van der Waals surface area contributed by atoms with Gasteiger partial charge in [0.05, 0.1) is 6.61 Å². The molecule has 0 aliphatic carbocycles. The lowest BCUT2D eigenvalue weighted by Crippen LogP contribution is -2.34. The van der Waals surface area contributed by atoms with E-state index in [0.29, 0.717) is 6.61 Å². The minimum absolute atomic E-state index is 0.290. The van der Waals surface area contributed by atoms with Gasteiger partial charge in [0.15, 0.2) is 0 Å². The number of carbonyl (C=O) groups excluding carboxylic acids is 2. The molecule has 1 amide bonds. The molecule has 0 spiro atoms. The Morgan fingerprint density at radius 1 is 1.09 bits per heavy atom. The number of halogens is 2. The van der Waals surface area contributed by atoms with E-state index in [1.165, 1.54) is 13.1 Å². The van der Waals surface area contributed by atoms with Crippen molar-refractivity contribution in [2.24, 2.45) is 0 Å². The van der Waals surface area contributed by atoms with Crippen molar-refractivity contribution in [2.75, 3.05) is 20.2 Å². The molecule has 128 valence electrons. The number of rotatable bonds is 9. The van der Waals surface area contributed by atoms with Crippen LogP contribution in [-0.2, 0) is 9.53 Å². The van der Waals surface area contributed by atoms with Gasteiger partial charge in [-0.3, -0.25) is 9.59 Å². The number of benzene rings is 1. The maximum Gasteiger partial charge on any atom is 0.325 e. The van der Waals surface area contributed by atoms with Gasteiger partial charge in [0.25, 0.3) is 5.91 Å². The predicted molar refractivity (Wildman–Crippen MR) is 83.0 cm³/mol. The summed E-state index contributed by atoms with van der Waals surface area (Å²) in [4.78, 5) is 24.6. The van der Waals surface area contributed by atoms with E-state index in [1.807, 2.05) is 0 Å². The van der Waals surface area contributed by atoms with Crippen LogP contribution in [0.25, 0.3) is 0 Å². The van der Waals surface area contributed by atoms with E-state index in [2.05, 4.69) is 6.92 Å². The first-order valence-electron chi connectivity index (χ1n) is 7.82. The summed E-state index contributed by atoms with van der Waals surface area (Å²) in [5.41, 5.74) is -0.664. The smallest absolute Gasteiger partial charge is 0.325 e. The van der Waals surface area contributed by atoms with Gasteiger partial charge in [-0.05, 0) is 18.6 Å². The van der Waals surface area contributed by atoms with Crippen molar-refractivity contribution in [3.63, 3.8) is 0 Å². The van der Waals surface area contributed by atoms with Crippen LogP contribution in [0.15, 0.2) is 18.2 Å². The zero-order valence-corrected chi connectivity index (χ0v) is 13.6. The molecule has 0 radical (unpaired) electrons. The summed E-state index contributed by atoms with van der Waals surface area (Å²) in [6.07, 6.45) is 5.14. The van der Waals surface area contributed by atoms with E-state index in [0.717, 1.165) is 49.1 Å². The molecule has 23 heavy (non-hydrogen) atoms. The number of hydrogen-bond donors (Lipinski definition) is 0. The summed E-state index contributed by atoms with van der Waals surface area (Å²) in [7, 11) is 1.30. The molecule has 0 saturated carbocycles. The van der Waals surface area contributed by atoms with Gasteiger partial charge in [-0.25, -0.2) is 8.78 Å². The van der Waals surface area contributed by atoms with Crippen molar-refractivity contribution in [1.82, 2.24) is 4.90 Å². The van der Waals surface area contributed by atoms with Crippen LogP contribution in [0.5, 0.6) is 0 Å². The number of unbranched alkanes of at least 4 members (excludes halogenated alkanes) is 4. The lowest BCUT2D eigenvalue weighted by atomic mass is 10.1. The molecule has 1 rings (SSSR count). The Morgan fingerprint density at radius 3 is 2.30 bits per heavy atom. The van der Waals surface area contributed by atoms with Gasteiger partial charge in [0.1, 0.15) is 23.7 Å². The quantitative estimate of drug-likeness (QED) is 0.515. The summed E-state index contributed by atoms with van der Waals surface area (Å²) < 4.78 is 32.1. The van der Waals surface area contributed by atoms with E-state index in [9.17, 15) is 18.4 Å².